The standard InChI is InChI=1S/C39H37NO8S/c1-23-12-14-24(15-13-23)29-22-34(27-10-7-8-11-28(27)40-29)49-17-9-16-47-39-36(41)35-30(43-3)20-26(42-2)21-31(35)48-37(39)25-18-32(44-4)38(46-6)33(19-25)45-5/h7-8,10-15,18-22H,9,16-17H2,1-6H3. The van der Waals surface area contributed by atoms with Gasteiger partial charge in [0.15, 0.2) is 17.3 Å². The maximum atomic E-state index is 14.2. The number of hydrogen-bond donors (Lipinski definition) is 0. The van der Waals surface area contributed by atoms with Gasteiger partial charge in [-0.2, -0.15) is 0 Å². The van der Waals surface area contributed by atoms with Crippen molar-refractivity contribution in [2.75, 3.05) is 47.9 Å². The fraction of sp³-hybridized carbons (Fsp3) is 0.231. The van der Waals surface area contributed by atoms with Crippen LogP contribution in [0.15, 0.2) is 93.0 Å². The average molecular weight is 680 g/mol. The molecule has 0 aliphatic heterocycles. The number of rotatable bonds is 13. The SMILES string of the molecule is COc1cc(OC)c2c(=O)c(OCCCSc3cc(-c4ccc(C)cc4)nc4ccccc34)c(-c3cc(OC)c(OC)c(OC)c3)oc2c1. The van der Waals surface area contributed by atoms with Crippen LogP contribution in [0.5, 0.6) is 34.5 Å². The zero-order valence-electron chi connectivity index (χ0n) is 28.2. The van der Waals surface area contributed by atoms with Crippen LogP contribution in [0.3, 0.4) is 0 Å². The fourth-order valence-electron chi connectivity index (χ4n) is 5.61. The lowest BCUT2D eigenvalue weighted by Gasteiger charge is -2.17. The normalized spacial score (nSPS) is 11.1. The first-order chi connectivity index (χ1) is 23.9. The molecule has 0 atom stereocenters. The van der Waals surface area contributed by atoms with Crippen LogP contribution < -0.4 is 33.8 Å². The molecule has 0 bridgehead atoms. The van der Waals surface area contributed by atoms with E-state index >= 15 is 0 Å². The first-order valence-corrected chi connectivity index (χ1v) is 16.6. The van der Waals surface area contributed by atoms with Crippen LogP contribution in [-0.4, -0.2) is 52.9 Å². The molecule has 6 rings (SSSR count). The van der Waals surface area contributed by atoms with Gasteiger partial charge in [-0.15, -0.1) is 11.8 Å². The van der Waals surface area contributed by atoms with Crippen LogP contribution in [0.25, 0.3) is 44.5 Å². The van der Waals surface area contributed by atoms with Crippen molar-refractivity contribution in [2.24, 2.45) is 0 Å². The lowest BCUT2D eigenvalue weighted by Crippen LogP contribution is -2.12. The van der Waals surface area contributed by atoms with E-state index in [1.54, 1.807) is 36.0 Å². The third-order valence-electron chi connectivity index (χ3n) is 8.09. The maximum absolute atomic E-state index is 14.2. The fourth-order valence-corrected chi connectivity index (χ4v) is 6.61. The van der Waals surface area contributed by atoms with Crippen molar-refractivity contribution in [1.29, 1.82) is 0 Å². The molecule has 6 aromatic rings. The van der Waals surface area contributed by atoms with Gasteiger partial charge in [-0.3, -0.25) is 4.79 Å². The number of para-hydroxylation sites is 1. The minimum absolute atomic E-state index is 0.0475. The summed E-state index contributed by atoms with van der Waals surface area (Å²) in [6.45, 7) is 2.33. The van der Waals surface area contributed by atoms with Gasteiger partial charge < -0.3 is 32.8 Å². The third kappa shape index (κ3) is 6.82. The molecule has 0 unspecified atom stereocenters. The largest absolute Gasteiger partial charge is 0.496 e. The summed E-state index contributed by atoms with van der Waals surface area (Å²) in [5, 5.41) is 1.34. The molecular formula is C39H37NO8S. The molecule has 49 heavy (non-hydrogen) atoms. The molecule has 2 aromatic heterocycles. The highest BCUT2D eigenvalue weighted by atomic mass is 32.2. The van der Waals surface area contributed by atoms with Crippen molar-refractivity contribution >= 4 is 33.6 Å². The van der Waals surface area contributed by atoms with E-state index in [2.05, 4.69) is 43.3 Å². The minimum atomic E-state index is -0.375. The van der Waals surface area contributed by atoms with Crippen molar-refractivity contribution < 1.29 is 32.8 Å². The number of nitrogens with zero attached hydrogens (tertiary/aromatic N) is 1. The first-order valence-electron chi connectivity index (χ1n) is 15.6. The Balaban J connectivity index is 1.32. The van der Waals surface area contributed by atoms with Crippen LogP contribution in [-0.2, 0) is 0 Å². The molecule has 9 nitrogen and oxygen atoms in total. The second kappa shape index (κ2) is 14.8. The molecule has 0 fully saturated rings. The van der Waals surface area contributed by atoms with E-state index in [4.69, 9.17) is 37.8 Å². The molecule has 0 N–H and O–H groups in total. The summed E-state index contributed by atoms with van der Waals surface area (Å²) in [7, 11) is 7.60. The number of hydrogen-bond acceptors (Lipinski definition) is 10. The number of pyridine rings is 1. The summed E-state index contributed by atoms with van der Waals surface area (Å²) in [6, 6.07) is 25.4. The Hall–Kier alpha value is -5.35. The van der Waals surface area contributed by atoms with Crippen LogP contribution in [0.2, 0.25) is 0 Å². The number of methoxy groups -OCH3 is 5. The Bertz CT molecular complexity index is 2150. The van der Waals surface area contributed by atoms with Crippen LogP contribution in [0.4, 0.5) is 0 Å². The highest BCUT2D eigenvalue weighted by Gasteiger charge is 2.24. The smallest absolute Gasteiger partial charge is 0.239 e. The summed E-state index contributed by atoms with van der Waals surface area (Å²) < 4.78 is 40.4. The van der Waals surface area contributed by atoms with Gasteiger partial charge in [-0.25, -0.2) is 4.98 Å². The van der Waals surface area contributed by atoms with Gasteiger partial charge in [0.1, 0.15) is 22.5 Å². The monoisotopic (exact) mass is 679 g/mol. The van der Waals surface area contributed by atoms with Gasteiger partial charge in [0.2, 0.25) is 16.9 Å². The Morgan fingerprint density at radius 3 is 2.12 bits per heavy atom. The van der Waals surface area contributed by atoms with E-state index in [0.29, 0.717) is 40.7 Å². The first kappa shape index (κ1) is 33.5. The summed E-state index contributed by atoms with van der Waals surface area (Å²) in [5.74, 6) is 3.00. The van der Waals surface area contributed by atoms with Gasteiger partial charge in [0.05, 0.1) is 53.4 Å². The van der Waals surface area contributed by atoms with Crippen molar-refractivity contribution in [3.63, 3.8) is 0 Å². The third-order valence-corrected chi connectivity index (χ3v) is 9.23. The molecule has 0 aliphatic rings. The molecule has 2 heterocycles. The van der Waals surface area contributed by atoms with Gasteiger partial charge in [0.25, 0.3) is 0 Å². The Morgan fingerprint density at radius 1 is 0.735 bits per heavy atom. The van der Waals surface area contributed by atoms with Gasteiger partial charge in [-0.1, -0.05) is 48.0 Å². The maximum Gasteiger partial charge on any atom is 0.239 e. The Labute approximate surface area is 288 Å². The van der Waals surface area contributed by atoms with Gasteiger partial charge in [0, 0.05) is 39.3 Å². The quantitative estimate of drug-likeness (QED) is 0.0872. The zero-order chi connectivity index (χ0) is 34.5. The van der Waals surface area contributed by atoms with Crippen molar-refractivity contribution in [3.05, 3.63) is 94.6 Å². The number of ether oxygens (including phenoxy) is 6. The predicted molar refractivity (Wildman–Crippen MR) is 193 cm³/mol. The molecule has 0 saturated carbocycles. The number of fused-ring (bicyclic) bond motifs is 2. The molecule has 0 radical (unpaired) electrons. The number of benzene rings is 4. The van der Waals surface area contributed by atoms with E-state index < -0.39 is 0 Å². The molecular weight excluding hydrogens is 642 g/mol. The number of aryl methyl sites for hydroxylation is 1. The summed E-state index contributed by atoms with van der Waals surface area (Å²) >= 11 is 1.73. The van der Waals surface area contributed by atoms with E-state index in [1.807, 2.05) is 18.2 Å². The molecule has 0 saturated heterocycles. The minimum Gasteiger partial charge on any atom is -0.496 e. The number of thioether (sulfide) groups is 1. The average Bonchev–Trinajstić information content (AvgIpc) is 3.14. The van der Waals surface area contributed by atoms with E-state index in [1.165, 1.54) is 41.1 Å². The topological polar surface area (TPSA) is 98.5 Å². The molecule has 4 aromatic carbocycles. The second-order valence-corrected chi connectivity index (χ2v) is 12.3. The van der Waals surface area contributed by atoms with Crippen LogP contribution in [0.1, 0.15) is 12.0 Å². The molecule has 10 heteroatoms. The Kier molecular flexibility index (Phi) is 10.1. The highest BCUT2D eigenvalue weighted by molar-refractivity contribution is 7.99. The van der Waals surface area contributed by atoms with Gasteiger partial charge >= 0.3 is 0 Å². The van der Waals surface area contributed by atoms with E-state index in [9.17, 15) is 4.79 Å². The van der Waals surface area contributed by atoms with Crippen molar-refractivity contribution in [2.45, 2.75) is 18.2 Å². The Morgan fingerprint density at radius 2 is 1.45 bits per heavy atom. The summed E-state index contributed by atoms with van der Waals surface area (Å²) in [5.41, 5.74) is 4.54. The molecule has 0 spiro atoms. The second-order valence-electron chi connectivity index (χ2n) is 11.1. The predicted octanol–water partition coefficient (Wildman–Crippen LogP) is 8.59. The highest BCUT2D eigenvalue weighted by Crippen LogP contribution is 2.44. The zero-order valence-corrected chi connectivity index (χ0v) is 29.1. The van der Waals surface area contributed by atoms with Crippen molar-refractivity contribution in [3.8, 4) is 57.1 Å². The van der Waals surface area contributed by atoms with Crippen LogP contribution in [0, 0.1) is 6.92 Å². The molecule has 0 aliphatic carbocycles. The van der Waals surface area contributed by atoms with E-state index in [0.717, 1.165) is 32.8 Å². The van der Waals surface area contributed by atoms with Gasteiger partial charge in [-0.05, 0) is 37.6 Å². The molecule has 0 amide bonds. The summed E-state index contributed by atoms with van der Waals surface area (Å²) in [6.07, 6.45) is 0.646. The van der Waals surface area contributed by atoms with Crippen molar-refractivity contribution in [1.82, 2.24) is 4.98 Å². The summed E-state index contributed by atoms with van der Waals surface area (Å²) in [4.78, 5) is 20.2. The number of aromatic nitrogens is 1. The van der Waals surface area contributed by atoms with E-state index in [-0.39, 0.29) is 34.5 Å². The lowest BCUT2D eigenvalue weighted by atomic mass is 10.1. The lowest BCUT2D eigenvalue weighted by molar-refractivity contribution is 0.309. The van der Waals surface area contributed by atoms with Crippen LogP contribution >= 0.6 is 11.8 Å². The molecule has 252 valence electrons.